The summed E-state index contributed by atoms with van der Waals surface area (Å²) in [6, 6.07) is 0. The average Bonchev–Trinajstić information content (AvgIpc) is 2.57. The summed E-state index contributed by atoms with van der Waals surface area (Å²) < 4.78 is 0. The van der Waals surface area contributed by atoms with E-state index in [0.717, 1.165) is 0 Å². The molecule has 2 rings (SSSR count). The minimum Gasteiger partial charge on any atom is -0.494 e. The quantitative estimate of drug-likeness (QED) is 0.599. The van der Waals surface area contributed by atoms with Crippen LogP contribution in [0.25, 0.3) is 6.08 Å². The number of hydrogen-bond acceptors (Lipinski definition) is 5. The second-order valence-corrected chi connectivity index (χ2v) is 3.16. The fraction of sp³-hybridized carbons (Fsp3) is 0.111. The Hall–Kier alpha value is -2.44. The number of nitrogens with one attached hydrogen (secondary N) is 2. The normalized spacial score (nSPS) is 16.8. The molecule has 7 nitrogen and oxygen atoms in total. The van der Waals surface area contributed by atoms with Crippen LogP contribution >= 0.6 is 0 Å². The molecule has 2 heterocycles. The van der Waals surface area contributed by atoms with Crippen LogP contribution in [0.4, 0.5) is 0 Å². The van der Waals surface area contributed by atoms with Gasteiger partial charge in [0.1, 0.15) is 11.9 Å². The Labute approximate surface area is 88.9 Å². The summed E-state index contributed by atoms with van der Waals surface area (Å²) in [5.74, 6) is -0.490. The number of nitrogens with zero attached hydrogens (tertiary/aromatic N) is 2. The van der Waals surface area contributed by atoms with Crippen molar-refractivity contribution in [1.29, 1.82) is 0 Å². The lowest BCUT2D eigenvalue weighted by Crippen LogP contribution is -2.23. The molecule has 0 saturated heterocycles. The molecule has 0 aliphatic carbocycles. The topological polar surface area (TPSA) is 111 Å². The zero-order valence-electron chi connectivity index (χ0n) is 8.31. The maximum Gasteiger partial charge on any atom is 0.328 e. The van der Waals surface area contributed by atoms with Crippen molar-refractivity contribution in [2.45, 2.75) is 6.92 Å². The fourth-order valence-electron chi connectivity index (χ4n) is 1.23. The van der Waals surface area contributed by atoms with Gasteiger partial charge < -0.3 is 5.11 Å². The summed E-state index contributed by atoms with van der Waals surface area (Å²) >= 11 is 0. The summed E-state index contributed by atoms with van der Waals surface area (Å²) in [7, 11) is 0. The first-order chi connectivity index (χ1) is 7.58. The lowest BCUT2D eigenvalue weighted by atomic mass is 10.2. The number of aromatic hydroxyl groups is 1. The van der Waals surface area contributed by atoms with Gasteiger partial charge in [-0.1, -0.05) is 0 Å². The van der Waals surface area contributed by atoms with Crippen molar-refractivity contribution in [3.8, 4) is 5.88 Å². The Balaban J connectivity index is 2.59. The van der Waals surface area contributed by atoms with Crippen molar-refractivity contribution in [1.82, 2.24) is 9.97 Å². The van der Waals surface area contributed by atoms with Crippen molar-refractivity contribution in [3.05, 3.63) is 32.1 Å². The van der Waals surface area contributed by atoms with Gasteiger partial charge in [0.05, 0.1) is 11.4 Å². The molecule has 0 radical (unpaired) electrons. The van der Waals surface area contributed by atoms with E-state index in [1.54, 1.807) is 6.92 Å². The van der Waals surface area contributed by atoms with Gasteiger partial charge in [-0.25, -0.2) is 14.8 Å². The minimum atomic E-state index is -0.759. The molecule has 1 aliphatic heterocycles. The van der Waals surface area contributed by atoms with Crippen molar-refractivity contribution in [2.75, 3.05) is 0 Å². The molecule has 0 saturated carbocycles. The van der Waals surface area contributed by atoms with Crippen LogP contribution in [-0.4, -0.2) is 27.1 Å². The van der Waals surface area contributed by atoms with Crippen molar-refractivity contribution >= 4 is 18.1 Å². The van der Waals surface area contributed by atoms with E-state index in [2.05, 4.69) is 15.0 Å². The van der Waals surface area contributed by atoms with E-state index in [4.69, 9.17) is 0 Å². The molecule has 16 heavy (non-hydrogen) atoms. The van der Waals surface area contributed by atoms with Crippen LogP contribution < -0.4 is 11.2 Å². The number of H-pyrrole nitrogens is 2. The van der Waals surface area contributed by atoms with Gasteiger partial charge in [0, 0.05) is 0 Å². The number of aliphatic imine (C=N–C) groups is 2. The van der Waals surface area contributed by atoms with E-state index in [1.165, 1.54) is 12.4 Å². The summed E-state index contributed by atoms with van der Waals surface area (Å²) in [6.07, 6.45) is 2.70. The summed E-state index contributed by atoms with van der Waals surface area (Å²) in [5.41, 5.74) is -0.394. The number of allylic oxidation sites excluding steroid dienone is 1. The van der Waals surface area contributed by atoms with E-state index in [0.29, 0.717) is 11.4 Å². The van der Waals surface area contributed by atoms with E-state index in [-0.39, 0.29) is 5.56 Å². The molecule has 0 spiro atoms. The number of aromatic amines is 2. The van der Waals surface area contributed by atoms with Gasteiger partial charge in [-0.15, -0.1) is 0 Å². The van der Waals surface area contributed by atoms with E-state index >= 15 is 0 Å². The van der Waals surface area contributed by atoms with Crippen LogP contribution in [0, 0.1) is 0 Å². The first-order valence-corrected chi connectivity index (χ1v) is 4.42. The van der Waals surface area contributed by atoms with Crippen LogP contribution in [0.5, 0.6) is 5.88 Å². The molecular weight excluding hydrogens is 212 g/mol. The van der Waals surface area contributed by atoms with Gasteiger partial charge in [-0.05, 0) is 13.0 Å². The van der Waals surface area contributed by atoms with Gasteiger partial charge in [-0.2, -0.15) is 0 Å². The predicted molar refractivity (Wildman–Crippen MR) is 58.9 cm³/mol. The lowest BCUT2D eigenvalue weighted by Gasteiger charge is -1.98. The maximum absolute atomic E-state index is 11.4. The number of aromatic nitrogens is 2. The molecule has 0 fully saturated rings. The Morgan fingerprint density at radius 3 is 2.69 bits per heavy atom. The first kappa shape index (κ1) is 10.1. The third-order valence-electron chi connectivity index (χ3n) is 2.06. The highest BCUT2D eigenvalue weighted by Gasteiger charge is 2.10. The number of hydrogen-bond donors (Lipinski definition) is 3. The molecular formula is C9H8N4O3. The highest BCUT2D eigenvalue weighted by molar-refractivity contribution is 6.09. The lowest BCUT2D eigenvalue weighted by molar-refractivity contribution is 0.447. The molecule has 0 amide bonds. The number of rotatable bonds is 1. The standard InChI is InChI=1S/C9H8N4O3/c1-4-6(11-3-10-4)2-5-7(14)12-9(16)13-8(5)15/h2-3H,1H3,(H3,12,13,14,15,16). The Morgan fingerprint density at radius 2 is 2.12 bits per heavy atom. The zero-order valence-corrected chi connectivity index (χ0v) is 8.31. The van der Waals surface area contributed by atoms with Crippen LogP contribution in [0.1, 0.15) is 12.5 Å². The maximum atomic E-state index is 11.4. The fourth-order valence-corrected chi connectivity index (χ4v) is 1.23. The highest BCUT2D eigenvalue weighted by atomic mass is 16.3. The molecule has 1 aromatic heterocycles. The van der Waals surface area contributed by atoms with Gasteiger partial charge >= 0.3 is 5.69 Å². The molecule has 0 unspecified atom stereocenters. The van der Waals surface area contributed by atoms with Gasteiger partial charge in [0.25, 0.3) is 5.56 Å². The average molecular weight is 220 g/mol. The monoisotopic (exact) mass is 220 g/mol. The summed E-state index contributed by atoms with van der Waals surface area (Å²) in [5, 5.41) is 9.41. The molecule has 0 bridgehead atoms. The summed E-state index contributed by atoms with van der Waals surface area (Å²) in [4.78, 5) is 34.1. The van der Waals surface area contributed by atoms with Crippen LogP contribution in [0.3, 0.4) is 0 Å². The van der Waals surface area contributed by atoms with E-state index in [1.807, 2.05) is 4.98 Å². The largest absolute Gasteiger partial charge is 0.494 e. The molecule has 82 valence electrons. The Kier molecular flexibility index (Phi) is 2.28. The SMILES string of the molecule is CC1=NC=NC1=Cc1c(O)[nH]c(=O)[nH]c1=O. The Morgan fingerprint density at radius 1 is 1.38 bits per heavy atom. The molecule has 0 aromatic carbocycles. The van der Waals surface area contributed by atoms with Gasteiger partial charge in [0.15, 0.2) is 0 Å². The van der Waals surface area contributed by atoms with Crippen molar-refractivity contribution in [3.63, 3.8) is 0 Å². The van der Waals surface area contributed by atoms with Crippen LogP contribution in [0.15, 0.2) is 25.3 Å². The third-order valence-corrected chi connectivity index (χ3v) is 2.06. The summed E-state index contributed by atoms with van der Waals surface area (Å²) in [6.45, 7) is 1.72. The van der Waals surface area contributed by atoms with Gasteiger partial charge in [-0.3, -0.25) is 14.8 Å². The molecule has 7 heteroatoms. The zero-order chi connectivity index (χ0) is 11.7. The molecule has 1 aromatic rings. The first-order valence-electron chi connectivity index (χ1n) is 4.42. The van der Waals surface area contributed by atoms with Crippen LogP contribution in [-0.2, 0) is 0 Å². The Bertz CT molecular complexity index is 633. The third kappa shape index (κ3) is 1.70. The van der Waals surface area contributed by atoms with E-state index < -0.39 is 17.1 Å². The highest BCUT2D eigenvalue weighted by Crippen LogP contribution is 2.14. The smallest absolute Gasteiger partial charge is 0.328 e. The molecule has 1 aliphatic rings. The van der Waals surface area contributed by atoms with Gasteiger partial charge in [0.2, 0.25) is 5.88 Å². The van der Waals surface area contributed by atoms with Crippen LogP contribution in [0.2, 0.25) is 0 Å². The van der Waals surface area contributed by atoms with Crippen molar-refractivity contribution < 1.29 is 5.11 Å². The second-order valence-electron chi connectivity index (χ2n) is 3.16. The van der Waals surface area contributed by atoms with Crippen molar-refractivity contribution in [2.24, 2.45) is 9.98 Å². The molecule has 3 N–H and O–H groups in total. The predicted octanol–water partition coefficient (Wildman–Crippen LogP) is -0.388. The minimum absolute atomic E-state index is 0.0526. The molecule has 0 atom stereocenters. The van der Waals surface area contributed by atoms with E-state index in [9.17, 15) is 14.7 Å². The second kappa shape index (κ2) is 3.61.